The molecule has 4 fully saturated rings. The maximum atomic E-state index is 12.6. The molecule has 1 amide bonds. The zero-order chi connectivity index (χ0) is 13.3. The molecule has 0 aromatic carbocycles. The van der Waals surface area contributed by atoms with E-state index in [1.807, 2.05) is 0 Å². The van der Waals surface area contributed by atoms with Gasteiger partial charge in [-0.05, 0) is 62.7 Å². The molecule has 0 aromatic heterocycles. The molecule has 0 heterocycles. The van der Waals surface area contributed by atoms with Crippen LogP contribution in [-0.4, -0.2) is 12.5 Å². The van der Waals surface area contributed by atoms with Crippen molar-refractivity contribution >= 4 is 5.91 Å². The Labute approximate surface area is 117 Å². The Hall–Kier alpha value is -0.530. The van der Waals surface area contributed by atoms with Gasteiger partial charge in [0.15, 0.2) is 0 Å². The maximum Gasteiger partial charge on any atom is 0.226 e. The van der Waals surface area contributed by atoms with Gasteiger partial charge in [-0.1, -0.05) is 26.2 Å². The lowest BCUT2D eigenvalue weighted by atomic mass is 9.49. The highest BCUT2D eigenvalue weighted by Gasteiger charge is 2.54. The van der Waals surface area contributed by atoms with Crippen molar-refractivity contribution in [3.63, 3.8) is 0 Å². The number of unbranched alkanes of at least 4 members (excludes halogenated alkanes) is 3. The standard InChI is InChI=1S/C17H29NO/c1-2-3-4-5-6-18-16(19)17-10-13-7-14(11-17)9-15(8-13)12-17/h13-15H,2-12H2,1H3,(H,18,19). The molecule has 4 aliphatic carbocycles. The molecule has 19 heavy (non-hydrogen) atoms. The Morgan fingerprint density at radius 1 is 1.00 bits per heavy atom. The van der Waals surface area contributed by atoms with Crippen LogP contribution in [0.2, 0.25) is 0 Å². The lowest BCUT2D eigenvalue weighted by Gasteiger charge is -2.55. The zero-order valence-electron chi connectivity index (χ0n) is 12.4. The second kappa shape index (κ2) is 5.46. The minimum atomic E-state index is 0.0551. The molecule has 1 N–H and O–H groups in total. The third kappa shape index (κ3) is 2.68. The Morgan fingerprint density at radius 3 is 2.11 bits per heavy atom. The van der Waals surface area contributed by atoms with Gasteiger partial charge < -0.3 is 5.32 Å². The molecule has 0 spiro atoms. The highest BCUT2D eigenvalue weighted by Crippen LogP contribution is 2.60. The lowest BCUT2D eigenvalue weighted by Crippen LogP contribution is -2.53. The topological polar surface area (TPSA) is 29.1 Å². The lowest BCUT2D eigenvalue weighted by molar-refractivity contribution is -0.146. The fourth-order valence-electron chi connectivity index (χ4n) is 5.33. The predicted octanol–water partition coefficient (Wildman–Crippen LogP) is 3.90. The van der Waals surface area contributed by atoms with E-state index in [1.54, 1.807) is 0 Å². The quantitative estimate of drug-likeness (QED) is 0.724. The van der Waals surface area contributed by atoms with E-state index in [0.717, 1.165) is 30.7 Å². The average molecular weight is 263 g/mol. The summed E-state index contributed by atoms with van der Waals surface area (Å²) in [6.07, 6.45) is 12.8. The smallest absolute Gasteiger partial charge is 0.226 e. The van der Waals surface area contributed by atoms with E-state index in [9.17, 15) is 4.79 Å². The fourth-order valence-corrected chi connectivity index (χ4v) is 5.33. The molecule has 0 aliphatic heterocycles. The van der Waals surface area contributed by atoms with Crippen molar-refractivity contribution in [1.29, 1.82) is 0 Å². The van der Waals surface area contributed by atoms with E-state index in [4.69, 9.17) is 0 Å². The first-order chi connectivity index (χ1) is 9.22. The van der Waals surface area contributed by atoms with Crippen molar-refractivity contribution in [2.75, 3.05) is 6.54 Å². The molecular weight excluding hydrogens is 234 g/mol. The van der Waals surface area contributed by atoms with Crippen LogP contribution in [0.3, 0.4) is 0 Å². The van der Waals surface area contributed by atoms with Gasteiger partial charge in [0.1, 0.15) is 0 Å². The first-order valence-electron chi connectivity index (χ1n) is 8.50. The van der Waals surface area contributed by atoms with Crippen molar-refractivity contribution in [3.8, 4) is 0 Å². The molecule has 0 aromatic rings. The predicted molar refractivity (Wildman–Crippen MR) is 77.8 cm³/mol. The van der Waals surface area contributed by atoms with E-state index >= 15 is 0 Å². The van der Waals surface area contributed by atoms with E-state index in [2.05, 4.69) is 12.2 Å². The van der Waals surface area contributed by atoms with Crippen LogP contribution in [0.1, 0.15) is 71.1 Å². The van der Waals surface area contributed by atoms with Crippen molar-refractivity contribution < 1.29 is 4.79 Å². The van der Waals surface area contributed by atoms with Crippen LogP contribution in [0.15, 0.2) is 0 Å². The number of rotatable bonds is 6. The zero-order valence-corrected chi connectivity index (χ0v) is 12.4. The summed E-state index contributed by atoms with van der Waals surface area (Å²) >= 11 is 0. The van der Waals surface area contributed by atoms with Crippen LogP contribution in [0.4, 0.5) is 0 Å². The summed E-state index contributed by atoms with van der Waals surface area (Å²) in [6.45, 7) is 3.13. The van der Waals surface area contributed by atoms with Crippen LogP contribution < -0.4 is 5.32 Å². The van der Waals surface area contributed by atoms with Crippen LogP contribution in [-0.2, 0) is 4.79 Å². The van der Waals surface area contributed by atoms with E-state index in [1.165, 1.54) is 57.8 Å². The SMILES string of the molecule is CCCCCCNC(=O)C12CC3CC(CC(C3)C1)C2. The Kier molecular flexibility index (Phi) is 3.86. The first-order valence-corrected chi connectivity index (χ1v) is 8.50. The summed E-state index contributed by atoms with van der Waals surface area (Å²) in [5.41, 5.74) is 0.0551. The fraction of sp³-hybridized carbons (Fsp3) is 0.941. The van der Waals surface area contributed by atoms with Gasteiger partial charge in [-0.3, -0.25) is 4.79 Å². The van der Waals surface area contributed by atoms with Gasteiger partial charge in [-0.2, -0.15) is 0 Å². The molecule has 0 atom stereocenters. The summed E-state index contributed by atoms with van der Waals surface area (Å²) in [5, 5.41) is 3.26. The third-order valence-electron chi connectivity index (χ3n) is 5.84. The Balaban J connectivity index is 1.52. The van der Waals surface area contributed by atoms with Crippen molar-refractivity contribution in [1.82, 2.24) is 5.32 Å². The molecule has 0 saturated heterocycles. The number of hydrogen-bond acceptors (Lipinski definition) is 1. The molecule has 2 nitrogen and oxygen atoms in total. The second-order valence-corrected chi connectivity index (χ2v) is 7.51. The van der Waals surface area contributed by atoms with Crippen molar-refractivity contribution in [2.24, 2.45) is 23.2 Å². The highest BCUT2D eigenvalue weighted by molar-refractivity contribution is 5.83. The average Bonchev–Trinajstić information content (AvgIpc) is 2.36. The monoisotopic (exact) mass is 263 g/mol. The van der Waals surface area contributed by atoms with Crippen LogP contribution in [0.5, 0.6) is 0 Å². The van der Waals surface area contributed by atoms with Crippen LogP contribution in [0, 0.1) is 23.2 Å². The molecule has 4 bridgehead atoms. The molecule has 4 aliphatic rings. The molecule has 2 heteroatoms. The van der Waals surface area contributed by atoms with E-state index in [-0.39, 0.29) is 5.41 Å². The summed E-state index contributed by atoms with van der Waals surface area (Å²) in [4.78, 5) is 12.6. The number of carbonyl (C=O) groups excluding carboxylic acids is 1. The minimum absolute atomic E-state index is 0.0551. The normalized spacial score (nSPS) is 39.5. The van der Waals surface area contributed by atoms with Crippen LogP contribution >= 0.6 is 0 Å². The number of amides is 1. The van der Waals surface area contributed by atoms with E-state index in [0.29, 0.717) is 5.91 Å². The van der Waals surface area contributed by atoms with Gasteiger partial charge in [-0.15, -0.1) is 0 Å². The first kappa shape index (κ1) is 13.5. The molecule has 4 rings (SSSR count). The largest absolute Gasteiger partial charge is 0.356 e. The van der Waals surface area contributed by atoms with Crippen molar-refractivity contribution in [3.05, 3.63) is 0 Å². The van der Waals surface area contributed by atoms with Gasteiger partial charge >= 0.3 is 0 Å². The van der Waals surface area contributed by atoms with Crippen molar-refractivity contribution in [2.45, 2.75) is 71.1 Å². The van der Waals surface area contributed by atoms with Gasteiger partial charge in [-0.25, -0.2) is 0 Å². The Bertz CT molecular complexity index is 301. The third-order valence-corrected chi connectivity index (χ3v) is 5.84. The molecule has 108 valence electrons. The summed E-state index contributed by atoms with van der Waals surface area (Å²) in [6, 6.07) is 0. The summed E-state index contributed by atoms with van der Waals surface area (Å²) < 4.78 is 0. The molecular formula is C17H29NO. The van der Waals surface area contributed by atoms with E-state index < -0.39 is 0 Å². The Morgan fingerprint density at radius 2 is 1.58 bits per heavy atom. The van der Waals surface area contributed by atoms with Gasteiger partial charge in [0.25, 0.3) is 0 Å². The number of carbonyl (C=O) groups is 1. The van der Waals surface area contributed by atoms with Gasteiger partial charge in [0.2, 0.25) is 5.91 Å². The molecule has 0 unspecified atom stereocenters. The minimum Gasteiger partial charge on any atom is -0.356 e. The maximum absolute atomic E-state index is 12.6. The number of hydrogen-bond donors (Lipinski definition) is 1. The highest BCUT2D eigenvalue weighted by atomic mass is 16.2. The molecule has 4 saturated carbocycles. The van der Waals surface area contributed by atoms with Gasteiger partial charge in [0.05, 0.1) is 0 Å². The molecule has 0 radical (unpaired) electrons. The number of nitrogens with one attached hydrogen (secondary N) is 1. The van der Waals surface area contributed by atoms with Crippen LogP contribution in [0.25, 0.3) is 0 Å². The second-order valence-electron chi connectivity index (χ2n) is 7.51. The van der Waals surface area contributed by atoms with Gasteiger partial charge in [0, 0.05) is 12.0 Å². The summed E-state index contributed by atoms with van der Waals surface area (Å²) in [7, 11) is 0. The summed E-state index contributed by atoms with van der Waals surface area (Å²) in [5.74, 6) is 3.02.